The van der Waals surface area contributed by atoms with E-state index in [2.05, 4.69) is 0 Å². The molecule has 2 aromatic carbocycles. The number of rotatable bonds is 4. The molecule has 2 rings (SSSR count). The summed E-state index contributed by atoms with van der Waals surface area (Å²) in [5, 5.41) is 16.3. The summed E-state index contributed by atoms with van der Waals surface area (Å²) in [4.78, 5) is 9.00. The highest BCUT2D eigenvalue weighted by Crippen LogP contribution is 2.14. The van der Waals surface area contributed by atoms with Gasteiger partial charge in [-0.1, -0.05) is 42.5 Å². The van der Waals surface area contributed by atoms with E-state index >= 15 is 0 Å². The Balaban J connectivity index is 0.000000444. The van der Waals surface area contributed by atoms with Crippen molar-refractivity contribution in [3.05, 3.63) is 65.7 Å². The molecule has 0 aromatic heterocycles. The number of benzene rings is 2. The van der Waals surface area contributed by atoms with Gasteiger partial charge in [-0.2, -0.15) is 0 Å². The fraction of sp³-hybridized carbons (Fsp3) is 0.188. The van der Waals surface area contributed by atoms with Gasteiger partial charge in [0.15, 0.2) is 0 Å². The lowest BCUT2D eigenvalue weighted by atomic mass is 10.2. The molecule has 0 bridgehead atoms. The third-order valence-electron chi connectivity index (χ3n) is 2.35. The van der Waals surface area contributed by atoms with Gasteiger partial charge in [0.2, 0.25) is 0 Å². The second kappa shape index (κ2) is 8.72. The quantitative estimate of drug-likeness (QED) is 0.899. The first-order valence-electron chi connectivity index (χ1n) is 6.18. The lowest BCUT2D eigenvalue weighted by Gasteiger charge is -2.06. The third kappa shape index (κ3) is 6.56. The molecule has 4 nitrogen and oxygen atoms in total. The van der Waals surface area contributed by atoms with E-state index in [1.165, 1.54) is 0 Å². The number of aliphatic carboxylic acids is 1. The second-order valence-corrected chi connectivity index (χ2v) is 4.10. The van der Waals surface area contributed by atoms with Gasteiger partial charge in [0.1, 0.15) is 12.4 Å². The van der Waals surface area contributed by atoms with Gasteiger partial charge < -0.3 is 14.9 Å². The lowest BCUT2D eigenvalue weighted by Crippen LogP contribution is -1.95. The summed E-state index contributed by atoms with van der Waals surface area (Å²) in [6.07, 6.45) is 0. The lowest BCUT2D eigenvalue weighted by molar-refractivity contribution is -0.134. The third-order valence-corrected chi connectivity index (χ3v) is 2.35. The average molecular weight is 274 g/mol. The summed E-state index contributed by atoms with van der Waals surface area (Å²) in [5.41, 5.74) is 2.04. The summed E-state index contributed by atoms with van der Waals surface area (Å²) >= 11 is 0. The Hall–Kier alpha value is -2.33. The van der Waals surface area contributed by atoms with Gasteiger partial charge in [0.25, 0.3) is 5.97 Å². The first-order valence-corrected chi connectivity index (χ1v) is 6.18. The number of hydrogen-bond donors (Lipinski definition) is 2. The molecule has 2 aromatic rings. The average Bonchev–Trinajstić information content (AvgIpc) is 2.46. The van der Waals surface area contributed by atoms with Gasteiger partial charge in [0.05, 0.1) is 6.61 Å². The minimum Gasteiger partial charge on any atom is -0.489 e. The van der Waals surface area contributed by atoms with E-state index in [1.807, 2.05) is 54.6 Å². The summed E-state index contributed by atoms with van der Waals surface area (Å²) in [7, 11) is 0. The molecule has 0 unspecified atom stereocenters. The van der Waals surface area contributed by atoms with Crippen LogP contribution in [0.15, 0.2) is 54.6 Å². The molecular weight excluding hydrogens is 256 g/mol. The zero-order valence-corrected chi connectivity index (χ0v) is 11.3. The van der Waals surface area contributed by atoms with E-state index in [0.29, 0.717) is 6.61 Å². The van der Waals surface area contributed by atoms with Crippen molar-refractivity contribution in [1.29, 1.82) is 0 Å². The van der Waals surface area contributed by atoms with Gasteiger partial charge in [-0.25, -0.2) is 0 Å². The van der Waals surface area contributed by atoms with Crippen molar-refractivity contribution < 1.29 is 19.7 Å². The Morgan fingerprint density at radius 2 is 1.55 bits per heavy atom. The van der Waals surface area contributed by atoms with Crippen LogP contribution in [0.1, 0.15) is 18.1 Å². The Bertz CT molecular complexity index is 502. The number of carbonyl (C=O) groups is 1. The number of carboxylic acids is 1. The van der Waals surface area contributed by atoms with Gasteiger partial charge in [-0.05, 0) is 23.3 Å². The van der Waals surface area contributed by atoms with Gasteiger partial charge >= 0.3 is 0 Å². The number of carboxylic acid groups (broad SMARTS) is 1. The van der Waals surface area contributed by atoms with Crippen molar-refractivity contribution in [3.63, 3.8) is 0 Å². The maximum absolute atomic E-state index is 9.00. The molecule has 0 fully saturated rings. The smallest absolute Gasteiger partial charge is 0.300 e. The van der Waals surface area contributed by atoms with E-state index < -0.39 is 5.97 Å². The Kier molecular flexibility index (Phi) is 6.85. The predicted octanol–water partition coefficient (Wildman–Crippen LogP) is 2.85. The number of ether oxygens (including phenoxy) is 1. The van der Waals surface area contributed by atoms with Crippen LogP contribution in [0.3, 0.4) is 0 Å². The molecule has 0 aliphatic carbocycles. The fourth-order valence-corrected chi connectivity index (χ4v) is 1.43. The maximum atomic E-state index is 9.00. The highest BCUT2D eigenvalue weighted by molar-refractivity contribution is 5.62. The van der Waals surface area contributed by atoms with E-state index in [4.69, 9.17) is 19.7 Å². The van der Waals surface area contributed by atoms with E-state index in [9.17, 15) is 0 Å². The molecule has 20 heavy (non-hydrogen) atoms. The SMILES string of the molecule is CC(=O)O.OCc1ccc(OCc2ccccc2)cc1. The fourth-order valence-electron chi connectivity index (χ4n) is 1.43. The molecule has 2 N–H and O–H groups in total. The van der Waals surface area contributed by atoms with Crippen LogP contribution in [-0.2, 0) is 18.0 Å². The molecular formula is C16H18O4. The molecule has 4 heteroatoms. The largest absolute Gasteiger partial charge is 0.489 e. The normalized spacial score (nSPS) is 9.30. The standard InChI is InChI=1S/C14H14O2.C2H4O2/c15-10-12-6-8-14(9-7-12)16-11-13-4-2-1-3-5-13;1-2(3)4/h1-9,15H,10-11H2;1H3,(H,3,4). The van der Waals surface area contributed by atoms with Gasteiger partial charge in [0, 0.05) is 6.92 Å². The number of hydrogen-bond acceptors (Lipinski definition) is 3. The van der Waals surface area contributed by atoms with Crippen LogP contribution in [0.5, 0.6) is 5.75 Å². The second-order valence-electron chi connectivity index (χ2n) is 4.10. The molecule has 0 saturated carbocycles. The predicted molar refractivity (Wildman–Crippen MR) is 76.4 cm³/mol. The van der Waals surface area contributed by atoms with Crippen LogP contribution in [0.2, 0.25) is 0 Å². The van der Waals surface area contributed by atoms with E-state index in [-0.39, 0.29) is 6.61 Å². The Morgan fingerprint density at radius 1 is 1.00 bits per heavy atom. The number of aliphatic hydroxyl groups excluding tert-OH is 1. The minimum atomic E-state index is -0.833. The summed E-state index contributed by atoms with van der Waals surface area (Å²) in [6.45, 7) is 1.72. The molecule has 0 amide bonds. The monoisotopic (exact) mass is 274 g/mol. The Labute approximate surface area is 118 Å². The summed E-state index contributed by atoms with van der Waals surface area (Å²) in [5.74, 6) is -0.0129. The van der Waals surface area contributed by atoms with Crippen LogP contribution >= 0.6 is 0 Å². The summed E-state index contributed by atoms with van der Waals surface area (Å²) in [6, 6.07) is 17.5. The zero-order chi connectivity index (χ0) is 14.8. The van der Waals surface area contributed by atoms with Crippen molar-refractivity contribution in [1.82, 2.24) is 0 Å². The zero-order valence-electron chi connectivity index (χ0n) is 11.3. The van der Waals surface area contributed by atoms with Crippen molar-refractivity contribution in [2.24, 2.45) is 0 Å². The highest BCUT2D eigenvalue weighted by atomic mass is 16.5. The highest BCUT2D eigenvalue weighted by Gasteiger charge is 1.95. The Morgan fingerprint density at radius 3 is 2.05 bits per heavy atom. The van der Waals surface area contributed by atoms with Crippen LogP contribution in [0.25, 0.3) is 0 Å². The van der Waals surface area contributed by atoms with E-state index in [0.717, 1.165) is 23.8 Å². The molecule has 0 aliphatic rings. The molecule has 0 radical (unpaired) electrons. The molecule has 0 atom stereocenters. The maximum Gasteiger partial charge on any atom is 0.300 e. The van der Waals surface area contributed by atoms with Crippen molar-refractivity contribution >= 4 is 5.97 Å². The van der Waals surface area contributed by atoms with E-state index in [1.54, 1.807) is 0 Å². The molecule has 106 valence electrons. The molecule has 0 heterocycles. The summed E-state index contributed by atoms with van der Waals surface area (Å²) < 4.78 is 5.61. The van der Waals surface area contributed by atoms with Crippen molar-refractivity contribution in [3.8, 4) is 5.75 Å². The van der Waals surface area contributed by atoms with Gasteiger partial charge in [-0.3, -0.25) is 4.79 Å². The molecule has 0 spiro atoms. The van der Waals surface area contributed by atoms with Crippen LogP contribution in [0, 0.1) is 0 Å². The van der Waals surface area contributed by atoms with Crippen molar-refractivity contribution in [2.75, 3.05) is 0 Å². The number of aliphatic hydroxyl groups is 1. The van der Waals surface area contributed by atoms with Crippen LogP contribution in [0.4, 0.5) is 0 Å². The van der Waals surface area contributed by atoms with Crippen LogP contribution in [-0.4, -0.2) is 16.2 Å². The van der Waals surface area contributed by atoms with Crippen LogP contribution < -0.4 is 4.74 Å². The first kappa shape index (κ1) is 15.7. The molecule has 0 saturated heterocycles. The van der Waals surface area contributed by atoms with Crippen molar-refractivity contribution in [2.45, 2.75) is 20.1 Å². The molecule has 0 aliphatic heterocycles. The van der Waals surface area contributed by atoms with Gasteiger partial charge in [-0.15, -0.1) is 0 Å². The first-order chi connectivity index (χ1) is 9.61. The minimum absolute atomic E-state index is 0.0684. The topological polar surface area (TPSA) is 66.8 Å².